The maximum absolute atomic E-state index is 12.7. The third kappa shape index (κ3) is 5.30. The van der Waals surface area contributed by atoms with Gasteiger partial charge in [-0.05, 0) is 42.0 Å². The molecule has 3 heterocycles. The summed E-state index contributed by atoms with van der Waals surface area (Å²) in [5.74, 6) is 1.000. The summed E-state index contributed by atoms with van der Waals surface area (Å²) in [6.45, 7) is 3.42. The Hall–Kier alpha value is -4.83. The molecule has 1 amide bonds. The number of hydrogen-bond acceptors (Lipinski definition) is 8. The molecule has 10 nitrogen and oxygen atoms in total. The number of carbonyl (C=O) groups excluding carboxylic acids is 1. The van der Waals surface area contributed by atoms with Crippen LogP contribution in [-0.2, 0) is 11.3 Å². The summed E-state index contributed by atoms with van der Waals surface area (Å²) in [6, 6.07) is 23.0. The number of amides is 1. The molecule has 0 aliphatic carbocycles. The first-order chi connectivity index (χ1) is 18.7. The molecular formula is C28H26N8O2. The monoisotopic (exact) mass is 506 g/mol. The van der Waals surface area contributed by atoms with Gasteiger partial charge < -0.3 is 20.3 Å². The van der Waals surface area contributed by atoms with Gasteiger partial charge in [-0.2, -0.15) is 4.98 Å². The molecule has 1 fully saturated rings. The van der Waals surface area contributed by atoms with E-state index in [-0.39, 0.29) is 5.91 Å². The molecule has 1 aliphatic heterocycles. The topological polar surface area (TPSA) is 110 Å². The predicted octanol–water partition coefficient (Wildman–Crippen LogP) is 3.72. The fraction of sp³-hybridized carbons (Fsp3) is 0.179. The lowest BCUT2D eigenvalue weighted by Gasteiger charge is -2.25. The van der Waals surface area contributed by atoms with Crippen molar-refractivity contribution in [1.29, 1.82) is 0 Å². The molecule has 190 valence electrons. The smallest absolute Gasteiger partial charge is 0.251 e. The molecule has 0 atom stereocenters. The van der Waals surface area contributed by atoms with Crippen molar-refractivity contribution in [1.82, 2.24) is 30.0 Å². The van der Waals surface area contributed by atoms with Crippen LogP contribution in [-0.4, -0.2) is 56.9 Å². The summed E-state index contributed by atoms with van der Waals surface area (Å²) >= 11 is 0. The maximum Gasteiger partial charge on any atom is 0.251 e. The number of hydrogen-bond donors (Lipinski definition) is 2. The zero-order valence-electron chi connectivity index (χ0n) is 20.6. The highest BCUT2D eigenvalue weighted by Crippen LogP contribution is 2.20. The number of anilines is 3. The van der Waals surface area contributed by atoms with Crippen LogP contribution < -0.4 is 15.5 Å². The van der Waals surface area contributed by atoms with Gasteiger partial charge in [0.1, 0.15) is 6.33 Å². The number of carbonyl (C=O) groups is 1. The van der Waals surface area contributed by atoms with E-state index in [0.29, 0.717) is 42.7 Å². The molecule has 2 aromatic heterocycles. The average Bonchev–Trinajstić information content (AvgIpc) is 3.47. The number of morpholine rings is 1. The van der Waals surface area contributed by atoms with Crippen LogP contribution in [0.1, 0.15) is 15.9 Å². The Morgan fingerprint density at radius 1 is 0.947 bits per heavy atom. The van der Waals surface area contributed by atoms with Gasteiger partial charge in [-0.1, -0.05) is 36.4 Å². The Balaban J connectivity index is 1.13. The Morgan fingerprint density at radius 2 is 1.76 bits per heavy atom. The van der Waals surface area contributed by atoms with Crippen LogP contribution in [0, 0.1) is 0 Å². The van der Waals surface area contributed by atoms with E-state index in [1.165, 1.54) is 0 Å². The van der Waals surface area contributed by atoms with E-state index in [2.05, 4.69) is 35.6 Å². The summed E-state index contributed by atoms with van der Waals surface area (Å²) in [4.78, 5) is 28.3. The minimum absolute atomic E-state index is 0.149. The van der Waals surface area contributed by atoms with Gasteiger partial charge >= 0.3 is 0 Å². The van der Waals surface area contributed by atoms with Crippen LogP contribution in [0.4, 0.5) is 17.6 Å². The van der Waals surface area contributed by atoms with Gasteiger partial charge in [0.05, 0.1) is 24.4 Å². The third-order valence-electron chi connectivity index (χ3n) is 6.30. The third-order valence-corrected chi connectivity index (χ3v) is 6.30. The zero-order chi connectivity index (χ0) is 25.7. The minimum Gasteiger partial charge on any atom is -0.378 e. The molecule has 0 spiro atoms. The van der Waals surface area contributed by atoms with Gasteiger partial charge in [0.25, 0.3) is 5.91 Å². The van der Waals surface area contributed by atoms with Crippen LogP contribution in [0.5, 0.6) is 0 Å². The average molecular weight is 507 g/mol. The molecule has 6 rings (SSSR count). The second-order valence-corrected chi connectivity index (χ2v) is 8.90. The van der Waals surface area contributed by atoms with E-state index in [9.17, 15) is 4.79 Å². The molecule has 10 heteroatoms. The van der Waals surface area contributed by atoms with Crippen LogP contribution >= 0.6 is 0 Å². The van der Waals surface area contributed by atoms with Gasteiger partial charge in [-0.15, -0.1) is 5.10 Å². The lowest BCUT2D eigenvalue weighted by molar-refractivity contribution is 0.0951. The molecule has 0 saturated carbocycles. The van der Waals surface area contributed by atoms with Gasteiger partial charge in [0.15, 0.2) is 0 Å². The molecular weight excluding hydrogens is 480 g/mol. The van der Waals surface area contributed by atoms with E-state index >= 15 is 0 Å². The van der Waals surface area contributed by atoms with Crippen LogP contribution in [0.2, 0.25) is 0 Å². The largest absolute Gasteiger partial charge is 0.378 e. The lowest BCUT2D eigenvalue weighted by atomic mass is 10.1. The standard InChI is InChI=1S/C28H26N8O2/c37-26(29-17-20-4-2-1-3-5-20)21-6-7-22-18-30-27(33-25(22)16-21)32-23-8-10-24(11-9-23)36-19-31-28(34-36)35-12-14-38-15-13-35/h1-11,16,18-19H,12-15,17H2,(H,29,37)(H,30,32,33). The van der Waals surface area contributed by atoms with Crippen molar-refractivity contribution < 1.29 is 9.53 Å². The molecule has 2 N–H and O–H groups in total. The first-order valence-corrected chi connectivity index (χ1v) is 12.4. The van der Waals surface area contributed by atoms with Crippen LogP contribution in [0.15, 0.2) is 85.3 Å². The molecule has 1 saturated heterocycles. The lowest BCUT2D eigenvalue weighted by Crippen LogP contribution is -2.37. The van der Waals surface area contributed by atoms with E-state index in [4.69, 9.17) is 4.74 Å². The number of fused-ring (bicyclic) bond motifs is 1. The number of benzene rings is 3. The van der Waals surface area contributed by atoms with E-state index in [1.807, 2.05) is 60.7 Å². The Bertz CT molecular complexity index is 1550. The summed E-state index contributed by atoms with van der Waals surface area (Å²) in [5, 5.41) is 11.6. The number of rotatable bonds is 7. The predicted molar refractivity (Wildman–Crippen MR) is 145 cm³/mol. The van der Waals surface area contributed by atoms with Crippen molar-refractivity contribution in [3.63, 3.8) is 0 Å². The maximum atomic E-state index is 12.7. The molecule has 0 unspecified atom stereocenters. The Morgan fingerprint density at radius 3 is 2.58 bits per heavy atom. The second kappa shape index (κ2) is 10.7. The fourth-order valence-electron chi connectivity index (χ4n) is 4.22. The molecule has 1 aliphatic rings. The molecule has 3 aromatic carbocycles. The van der Waals surface area contributed by atoms with Gasteiger partial charge in [0, 0.05) is 42.5 Å². The normalized spacial score (nSPS) is 13.4. The quantitative estimate of drug-likeness (QED) is 0.344. The molecule has 0 bridgehead atoms. The number of ether oxygens (including phenoxy) is 1. The summed E-state index contributed by atoms with van der Waals surface area (Å²) in [7, 11) is 0. The molecule has 0 radical (unpaired) electrons. The van der Waals surface area contributed by atoms with E-state index < -0.39 is 0 Å². The van der Waals surface area contributed by atoms with Crippen LogP contribution in [0.25, 0.3) is 16.6 Å². The van der Waals surface area contributed by atoms with E-state index in [0.717, 1.165) is 35.4 Å². The fourth-order valence-corrected chi connectivity index (χ4v) is 4.22. The zero-order valence-corrected chi connectivity index (χ0v) is 20.6. The Kier molecular flexibility index (Phi) is 6.60. The number of nitrogens with zero attached hydrogens (tertiary/aromatic N) is 6. The van der Waals surface area contributed by atoms with Crippen molar-refractivity contribution in [2.75, 3.05) is 36.5 Å². The molecule has 38 heavy (non-hydrogen) atoms. The SMILES string of the molecule is O=C(NCc1ccccc1)c1ccc2cnc(Nc3ccc(-n4cnc(N5CCOCC5)n4)cc3)nc2c1. The summed E-state index contributed by atoms with van der Waals surface area (Å²) in [5.41, 5.74) is 4.01. The first kappa shape index (κ1) is 23.6. The van der Waals surface area contributed by atoms with Crippen molar-refractivity contribution >= 4 is 34.4 Å². The first-order valence-electron chi connectivity index (χ1n) is 12.4. The highest BCUT2D eigenvalue weighted by atomic mass is 16.5. The van der Waals surface area contributed by atoms with Crippen molar-refractivity contribution in [3.05, 3.63) is 96.4 Å². The van der Waals surface area contributed by atoms with Gasteiger partial charge in [0.2, 0.25) is 11.9 Å². The van der Waals surface area contributed by atoms with E-state index in [1.54, 1.807) is 29.3 Å². The van der Waals surface area contributed by atoms with Crippen molar-refractivity contribution in [2.45, 2.75) is 6.54 Å². The molecule has 5 aromatic rings. The highest BCUT2D eigenvalue weighted by Gasteiger charge is 2.15. The second-order valence-electron chi connectivity index (χ2n) is 8.90. The van der Waals surface area contributed by atoms with Crippen molar-refractivity contribution in [2.24, 2.45) is 0 Å². The minimum atomic E-state index is -0.149. The van der Waals surface area contributed by atoms with Crippen molar-refractivity contribution in [3.8, 4) is 5.69 Å². The van der Waals surface area contributed by atoms with Gasteiger partial charge in [-0.25, -0.2) is 14.6 Å². The number of aromatic nitrogens is 5. The summed E-state index contributed by atoms with van der Waals surface area (Å²) < 4.78 is 7.16. The Labute approximate surface area is 219 Å². The van der Waals surface area contributed by atoms with Gasteiger partial charge in [-0.3, -0.25) is 4.79 Å². The van der Waals surface area contributed by atoms with Crippen LogP contribution in [0.3, 0.4) is 0 Å². The summed E-state index contributed by atoms with van der Waals surface area (Å²) in [6.07, 6.45) is 3.46. The number of nitrogens with one attached hydrogen (secondary N) is 2. The highest BCUT2D eigenvalue weighted by molar-refractivity contribution is 5.97.